The van der Waals surface area contributed by atoms with E-state index in [-0.39, 0.29) is 29.9 Å². The fourth-order valence-corrected chi connectivity index (χ4v) is 1.27. The smallest absolute Gasteiger partial charge is 0.280 e. The first-order valence-corrected chi connectivity index (χ1v) is 4.84. The summed E-state index contributed by atoms with van der Waals surface area (Å²) in [6.07, 6.45) is -0.0201. The second kappa shape index (κ2) is 5.16. The number of nitro groups is 1. The Bertz CT molecular complexity index is 439. The molecule has 0 aromatic heterocycles. The average molecular weight is 221 g/mol. The van der Waals surface area contributed by atoms with E-state index in [1.165, 1.54) is 24.3 Å². The minimum Gasteiger partial charge on any atom is -0.299 e. The van der Waals surface area contributed by atoms with Crippen molar-refractivity contribution >= 4 is 17.3 Å². The number of rotatable bonds is 5. The summed E-state index contributed by atoms with van der Waals surface area (Å²) in [5.74, 6) is -0.720. The van der Waals surface area contributed by atoms with Gasteiger partial charge in [-0.3, -0.25) is 19.7 Å². The van der Waals surface area contributed by atoms with Crippen LogP contribution in [-0.2, 0) is 4.79 Å². The fraction of sp³-hybridized carbons (Fsp3) is 0.273. The Labute approximate surface area is 92.2 Å². The number of Topliss-reactive ketones (excluding diaryl/α,β-unsaturated/α-hetero) is 2. The molecule has 0 aliphatic rings. The monoisotopic (exact) mass is 221 g/mol. The minimum absolute atomic E-state index is 0.00528. The number of carbonyl (C=O) groups excluding carboxylic acids is 2. The molecule has 1 rings (SSSR count). The van der Waals surface area contributed by atoms with Crippen molar-refractivity contribution in [3.63, 3.8) is 0 Å². The van der Waals surface area contributed by atoms with Crippen molar-refractivity contribution in [3.8, 4) is 0 Å². The van der Waals surface area contributed by atoms with Crippen LogP contribution in [0.3, 0.4) is 0 Å². The summed E-state index contributed by atoms with van der Waals surface area (Å²) < 4.78 is 0. The number of para-hydroxylation sites is 1. The molecule has 0 saturated carbocycles. The van der Waals surface area contributed by atoms with Gasteiger partial charge in [-0.2, -0.15) is 0 Å². The summed E-state index contributed by atoms with van der Waals surface area (Å²) >= 11 is 0. The van der Waals surface area contributed by atoms with E-state index in [9.17, 15) is 19.7 Å². The van der Waals surface area contributed by atoms with E-state index in [0.717, 1.165) is 0 Å². The SMILES string of the molecule is CCC(=O)CC(=O)c1ccccc1[N+](=O)[O-]. The third-order valence-corrected chi connectivity index (χ3v) is 2.15. The summed E-state index contributed by atoms with van der Waals surface area (Å²) in [7, 11) is 0. The first kappa shape index (κ1) is 12.0. The van der Waals surface area contributed by atoms with Crippen LogP contribution in [0.25, 0.3) is 0 Å². The molecular weight excluding hydrogens is 210 g/mol. The van der Waals surface area contributed by atoms with Crippen molar-refractivity contribution in [2.45, 2.75) is 19.8 Å². The Morgan fingerprint density at radius 3 is 2.50 bits per heavy atom. The van der Waals surface area contributed by atoms with E-state index in [4.69, 9.17) is 0 Å². The highest BCUT2D eigenvalue weighted by Gasteiger charge is 2.20. The lowest BCUT2D eigenvalue weighted by Crippen LogP contribution is -2.09. The van der Waals surface area contributed by atoms with Crippen LogP contribution in [0.5, 0.6) is 0 Å². The highest BCUT2D eigenvalue weighted by molar-refractivity contribution is 6.09. The number of nitrogens with zero attached hydrogens (tertiary/aromatic N) is 1. The number of benzene rings is 1. The summed E-state index contributed by atoms with van der Waals surface area (Å²) in [6, 6.07) is 5.64. The largest absolute Gasteiger partial charge is 0.299 e. The molecule has 0 radical (unpaired) electrons. The molecule has 84 valence electrons. The lowest BCUT2D eigenvalue weighted by Gasteiger charge is -2.00. The van der Waals surface area contributed by atoms with Crippen molar-refractivity contribution in [2.24, 2.45) is 0 Å². The molecule has 0 unspecified atom stereocenters. The van der Waals surface area contributed by atoms with Gasteiger partial charge in [-0.25, -0.2) is 0 Å². The quantitative estimate of drug-likeness (QED) is 0.330. The third kappa shape index (κ3) is 2.73. The van der Waals surface area contributed by atoms with Gasteiger partial charge in [0.25, 0.3) is 5.69 Å². The second-order valence-corrected chi connectivity index (χ2v) is 3.27. The van der Waals surface area contributed by atoms with Gasteiger partial charge in [0.2, 0.25) is 0 Å². The Balaban J connectivity index is 2.99. The number of hydrogen-bond acceptors (Lipinski definition) is 4. The highest BCUT2D eigenvalue weighted by Crippen LogP contribution is 2.19. The van der Waals surface area contributed by atoms with Crippen LogP contribution in [0.1, 0.15) is 30.1 Å². The molecule has 5 nitrogen and oxygen atoms in total. The normalized spacial score (nSPS) is 9.81. The maximum atomic E-state index is 11.6. The van der Waals surface area contributed by atoms with Gasteiger partial charge in [0.1, 0.15) is 5.78 Å². The van der Waals surface area contributed by atoms with Crippen LogP contribution in [0.4, 0.5) is 5.69 Å². The number of carbonyl (C=O) groups is 2. The van der Waals surface area contributed by atoms with Crippen molar-refractivity contribution in [1.29, 1.82) is 0 Å². The maximum absolute atomic E-state index is 11.6. The molecule has 0 amide bonds. The van der Waals surface area contributed by atoms with Crippen LogP contribution >= 0.6 is 0 Å². The summed E-state index contributed by atoms with van der Waals surface area (Å²) in [6.45, 7) is 1.65. The molecular formula is C11H11NO4. The van der Waals surface area contributed by atoms with Crippen LogP contribution < -0.4 is 0 Å². The molecule has 0 spiro atoms. The van der Waals surface area contributed by atoms with E-state index in [2.05, 4.69) is 0 Å². The summed E-state index contributed by atoms with van der Waals surface area (Å²) in [4.78, 5) is 32.7. The Morgan fingerprint density at radius 1 is 1.31 bits per heavy atom. The van der Waals surface area contributed by atoms with Crippen LogP contribution in [0.2, 0.25) is 0 Å². The van der Waals surface area contributed by atoms with Gasteiger partial charge in [0.05, 0.1) is 16.9 Å². The van der Waals surface area contributed by atoms with Gasteiger partial charge in [0, 0.05) is 12.5 Å². The molecule has 0 bridgehead atoms. The Morgan fingerprint density at radius 2 is 1.94 bits per heavy atom. The van der Waals surface area contributed by atoms with Crippen LogP contribution in [0, 0.1) is 10.1 Å². The predicted molar refractivity (Wildman–Crippen MR) is 57.3 cm³/mol. The van der Waals surface area contributed by atoms with Gasteiger partial charge < -0.3 is 0 Å². The highest BCUT2D eigenvalue weighted by atomic mass is 16.6. The van der Waals surface area contributed by atoms with Gasteiger partial charge >= 0.3 is 0 Å². The van der Waals surface area contributed by atoms with E-state index in [1.807, 2.05) is 0 Å². The minimum atomic E-state index is -0.621. The topological polar surface area (TPSA) is 77.3 Å². The summed E-state index contributed by atoms with van der Waals surface area (Å²) in [5, 5.41) is 10.6. The Kier molecular flexibility index (Phi) is 3.88. The first-order valence-electron chi connectivity index (χ1n) is 4.84. The molecule has 0 saturated heterocycles. The number of ketones is 2. The van der Waals surface area contributed by atoms with Gasteiger partial charge in [-0.15, -0.1) is 0 Å². The molecule has 5 heteroatoms. The number of hydrogen-bond donors (Lipinski definition) is 0. The molecule has 0 aliphatic carbocycles. The van der Waals surface area contributed by atoms with Gasteiger partial charge in [0.15, 0.2) is 5.78 Å². The zero-order chi connectivity index (χ0) is 12.1. The van der Waals surface area contributed by atoms with Gasteiger partial charge in [-0.05, 0) is 6.07 Å². The molecule has 0 atom stereocenters. The average Bonchev–Trinajstić information content (AvgIpc) is 2.28. The van der Waals surface area contributed by atoms with E-state index in [0.29, 0.717) is 0 Å². The molecule has 1 aromatic carbocycles. The molecule has 1 aromatic rings. The zero-order valence-corrected chi connectivity index (χ0v) is 8.80. The lowest BCUT2D eigenvalue weighted by molar-refractivity contribution is -0.385. The van der Waals surface area contributed by atoms with E-state index >= 15 is 0 Å². The van der Waals surface area contributed by atoms with Crippen molar-refractivity contribution < 1.29 is 14.5 Å². The zero-order valence-electron chi connectivity index (χ0n) is 8.80. The predicted octanol–water partition coefficient (Wildman–Crippen LogP) is 2.15. The molecule has 0 aliphatic heterocycles. The number of nitro benzene ring substituents is 1. The van der Waals surface area contributed by atoms with Crippen molar-refractivity contribution in [3.05, 3.63) is 39.9 Å². The molecule has 0 N–H and O–H groups in total. The first-order chi connectivity index (χ1) is 7.56. The second-order valence-electron chi connectivity index (χ2n) is 3.27. The fourth-order valence-electron chi connectivity index (χ4n) is 1.27. The van der Waals surface area contributed by atoms with E-state index < -0.39 is 10.7 Å². The molecule has 0 fully saturated rings. The maximum Gasteiger partial charge on any atom is 0.280 e. The van der Waals surface area contributed by atoms with Crippen LogP contribution in [0.15, 0.2) is 24.3 Å². The third-order valence-electron chi connectivity index (χ3n) is 2.15. The van der Waals surface area contributed by atoms with E-state index in [1.54, 1.807) is 6.92 Å². The van der Waals surface area contributed by atoms with Crippen molar-refractivity contribution in [1.82, 2.24) is 0 Å². The lowest BCUT2D eigenvalue weighted by atomic mass is 10.0. The summed E-state index contributed by atoms with van der Waals surface area (Å²) in [5.41, 5.74) is -0.259. The van der Waals surface area contributed by atoms with Gasteiger partial charge in [-0.1, -0.05) is 19.1 Å². The molecule has 16 heavy (non-hydrogen) atoms. The standard InChI is InChI=1S/C11H11NO4/c1-2-8(13)7-11(14)9-5-3-4-6-10(9)12(15)16/h3-6H,2,7H2,1H3. The van der Waals surface area contributed by atoms with Crippen molar-refractivity contribution in [2.75, 3.05) is 0 Å². The van der Waals surface area contributed by atoms with Crippen LogP contribution in [-0.4, -0.2) is 16.5 Å². The Hall–Kier alpha value is -2.04. The molecule has 0 heterocycles.